The molecule has 0 bridgehead atoms. The van der Waals surface area contributed by atoms with Gasteiger partial charge in [0.05, 0.1) is 60.5 Å². The molecular weight excluding hydrogens is 1740 g/mol. The summed E-state index contributed by atoms with van der Waals surface area (Å²) in [7, 11) is 0. The van der Waals surface area contributed by atoms with Gasteiger partial charge in [-0.1, -0.05) is 178 Å². The van der Waals surface area contributed by atoms with Gasteiger partial charge in [-0.15, -0.1) is 0 Å². The first-order valence-corrected chi connectivity index (χ1v) is 49.4. The lowest BCUT2D eigenvalue weighted by Gasteiger charge is -2.43. The third kappa shape index (κ3) is 25.2. The number of rotatable bonds is 18. The van der Waals surface area contributed by atoms with Crippen molar-refractivity contribution in [2.75, 3.05) is 105 Å². The first kappa shape index (κ1) is 94.6. The van der Waals surface area contributed by atoms with Crippen molar-refractivity contribution in [3.63, 3.8) is 0 Å². The van der Waals surface area contributed by atoms with Gasteiger partial charge in [0, 0.05) is 128 Å². The van der Waals surface area contributed by atoms with Crippen LogP contribution in [0.3, 0.4) is 0 Å². The zero-order valence-corrected chi connectivity index (χ0v) is 79.4. The Morgan fingerprint density at radius 1 is 0.375 bits per heavy atom. The summed E-state index contributed by atoms with van der Waals surface area (Å²) in [5, 5.41) is 16.6. The Bertz CT molecular complexity index is 5430. The van der Waals surface area contributed by atoms with E-state index in [1.807, 2.05) is 149 Å². The summed E-state index contributed by atoms with van der Waals surface area (Å²) in [4.78, 5) is 77.7. The summed E-state index contributed by atoms with van der Waals surface area (Å²) in [6, 6.07) is 64.8. The number of hydrogen-bond acceptors (Lipinski definition) is 10. The Morgan fingerprint density at radius 2 is 0.805 bits per heavy atom. The van der Waals surface area contributed by atoms with E-state index >= 15 is 0 Å². The molecule has 2 atom stereocenters. The number of aromatic nitrogens is 2. The fourth-order valence-electron chi connectivity index (χ4n) is 21.0. The van der Waals surface area contributed by atoms with Crippen LogP contribution in [0.15, 0.2) is 194 Å². The van der Waals surface area contributed by atoms with Crippen LogP contribution in [0.1, 0.15) is 162 Å². The minimum atomic E-state index is -0.0101. The molecule has 2 aromatic heterocycles. The number of aryl methyl sites for hydroxylation is 2. The van der Waals surface area contributed by atoms with Gasteiger partial charge in [0.1, 0.15) is 0 Å². The highest BCUT2D eigenvalue weighted by Crippen LogP contribution is 2.38. The van der Waals surface area contributed by atoms with Gasteiger partial charge >= 0.3 is 0 Å². The predicted molar refractivity (Wildman–Crippen MR) is 524 cm³/mol. The average Bonchev–Trinajstić information content (AvgIpc) is 1.35. The number of carbonyl (C=O) groups excluding carboxylic acids is 4. The highest BCUT2D eigenvalue weighted by atomic mass is 35.5. The van der Waals surface area contributed by atoms with Crippen molar-refractivity contribution >= 4 is 127 Å². The summed E-state index contributed by atoms with van der Waals surface area (Å²) in [6.07, 6.45) is 25.5. The molecule has 18 rings (SSSR count). The fourth-order valence-corrected chi connectivity index (χ4v) is 22.3. The quantitative estimate of drug-likeness (QED) is 0.0881. The largest absolute Gasteiger partial charge is 0.361 e. The maximum Gasteiger partial charge on any atom is 0.253 e. The molecule has 8 aliphatic heterocycles. The number of likely N-dealkylation sites (tertiary alicyclic amines) is 8. The third-order valence-corrected chi connectivity index (χ3v) is 31.7. The Labute approximate surface area is 792 Å². The number of H-pyrrole nitrogens is 1. The number of piperidine rings is 8. The number of amides is 4. The number of hydrogen-bond donors (Lipinski definition) is 1. The first-order chi connectivity index (χ1) is 62.2. The molecule has 8 aliphatic rings. The van der Waals surface area contributed by atoms with Gasteiger partial charge in [0.25, 0.3) is 11.8 Å². The minimum Gasteiger partial charge on any atom is -0.361 e. The number of nitrogens with one attached hydrogen (secondary N) is 1. The highest BCUT2D eigenvalue weighted by molar-refractivity contribution is 6.43. The number of aromatic amines is 1. The van der Waals surface area contributed by atoms with Crippen molar-refractivity contribution in [3.05, 3.63) is 285 Å². The molecule has 22 heteroatoms. The molecular formula is C106H122Cl7N11O4. The average molecular weight is 1860 g/mol. The second kappa shape index (κ2) is 45.9. The third-order valence-electron chi connectivity index (χ3n) is 29.0. The van der Waals surface area contributed by atoms with Crippen LogP contribution in [0.25, 0.3) is 21.8 Å². The van der Waals surface area contributed by atoms with Gasteiger partial charge in [-0.2, -0.15) is 5.26 Å². The van der Waals surface area contributed by atoms with E-state index < -0.39 is 0 Å². The number of nitriles is 1. The van der Waals surface area contributed by atoms with Crippen LogP contribution in [0, 0.1) is 54.8 Å². The topological polar surface area (TPSA) is 147 Å². The molecule has 10 aromatic rings. The van der Waals surface area contributed by atoms with Crippen LogP contribution < -0.4 is 0 Å². The van der Waals surface area contributed by atoms with Crippen molar-refractivity contribution in [3.8, 4) is 6.07 Å². The maximum absolute atomic E-state index is 13.1. The van der Waals surface area contributed by atoms with E-state index in [1.165, 1.54) is 79.4 Å². The number of halogens is 7. The van der Waals surface area contributed by atoms with Crippen molar-refractivity contribution in [1.29, 1.82) is 5.26 Å². The fraction of sp³-hybridized carbons (Fsp3) is 0.453. The number of pyridine rings is 1. The number of benzene rings is 8. The van der Waals surface area contributed by atoms with E-state index in [-0.39, 0.29) is 29.5 Å². The zero-order valence-electron chi connectivity index (χ0n) is 74.1. The maximum atomic E-state index is 13.1. The second-order valence-corrected chi connectivity index (χ2v) is 39.8. The molecule has 1 N–H and O–H groups in total. The van der Waals surface area contributed by atoms with Gasteiger partial charge in [0.15, 0.2) is 0 Å². The Hall–Kier alpha value is -8.05. The monoisotopic (exact) mass is 1860 g/mol. The minimum absolute atomic E-state index is 0.0101. The van der Waals surface area contributed by atoms with Crippen molar-refractivity contribution in [1.82, 2.24) is 49.2 Å². The molecule has 0 radical (unpaired) electrons. The lowest BCUT2D eigenvalue weighted by molar-refractivity contribution is -0.133. The number of nitrogens with zero attached hydrogens (tertiary/aromatic N) is 10. The zero-order chi connectivity index (χ0) is 89.2. The van der Waals surface area contributed by atoms with Crippen LogP contribution in [-0.4, -0.2) is 202 Å². The normalized spacial score (nSPS) is 19.8. The molecule has 0 unspecified atom stereocenters. The highest BCUT2D eigenvalue weighted by Gasteiger charge is 2.38. The molecule has 674 valence electrons. The molecule has 8 saturated heterocycles. The Kier molecular flexibility index (Phi) is 33.9. The van der Waals surface area contributed by atoms with E-state index in [4.69, 9.17) is 81.2 Å². The summed E-state index contributed by atoms with van der Waals surface area (Å²) in [5.41, 5.74) is 13.1. The standard InChI is InChI=1S/C28H28Cl2N4O.C26H29Cl2N3O.C26H32Cl2N2O.C26H33ClN2O/c29-25-5-3-19(15-26(25)30)14-20-7-11-34(18-23(20)17-31)24-8-12-33(13-9-24)28(35)22-4-6-27-21(16-22)2-1-10-32-27;27-23-3-1-19(16-24(23)28)15-18-6-11-30(12-7-18)22-8-13-31(14-9-22)26(32)21-2-4-25-20(17-21)5-10-29-25;1-19-5-2-3-6-21(19)18-25(31)30-15-11-23(12-16-30)29-13-9-20(10-14-29)17-22-7-4-8-24(27)26(22)28;1-20-6-2-3-7-22(20)19-26(30)29-16-12-24(13-17-29)28-14-10-21(11-15-28)18-23-8-4-5-9-25(23)27/h1-6,10,15-16,20,23-24H,7-9,11-14,18H2;1-5,10,16-18,22,29H,6-9,11-15H2;2-8,20,23H,9-18H2,1H3;2-9,21,24H,10-19H2,1H3/t20-,23+;;;/m1.../s1. The van der Waals surface area contributed by atoms with E-state index in [2.05, 4.69) is 108 Å². The summed E-state index contributed by atoms with van der Waals surface area (Å²) in [6.45, 7) is 19.6. The van der Waals surface area contributed by atoms with Crippen LogP contribution in [0.4, 0.5) is 0 Å². The molecule has 8 fully saturated rings. The second-order valence-electron chi connectivity index (χ2n) is 37.0. The SMILES string of the molecule is Cc1ccccc1CC(=O)N1CCC(N2CCC(Cc3cccc(Cl)c3Cl)CC2)CC1.Cc1ccccc1CC(=O)N1CCC(N2CCC(Cc3ccccc3Cl)CC2)CC1.N#C[C@H]1CN(C2CCN(C(=O)c3ccc4ncccc4c3)CC2)CC[C@@H]1Cc1ccc(Cl)c(Cl)c1.O=C(c1ccc2[nH]ccc2c1)N1CCC(N2CCC(Cc3ccc(Cl)c(Cl)c3)CC2)CC1. The number of carbonyl (C=O) groups is 4. The summed E-state index contributed by atoms with van der Waals surface area (Å²) < 4.78 is 0. The molecule has 8 aromatic carbocycles. The van der Waals surface area contributed by atoms with Gasteiger partial charge in [-0.05, 0) is 335 Å². The van der Waals surface area contributed by atoms with Crippen LogP contribution in [0.2, 0.25) is 35.2 Å². The predicted octanol–water partition coefficient (Wildman–Crippen LogP) is 22.8. The van der Waals surface area contributed by atoms with E-state index in [0.29, 0.717) is 84.9 Å². The smallest absolute Gasteiger partial charge is 0.253 e. The van der Waals surface area contributed by atoms with E-state index in [1.54, 1.807) is 6.20 Å². The van der Waals surface area contributed by atoms with E-state index in [9.17, 15) is 24.4 Å². The van der Waals surface area contributed by atoms with Gasteiger partial charge in [-0.25, -0.2) is 0 Å². The molecule has 15 nitrogen and oxygen atoms in total. The Balaban J connectivity index is 0.000000131. The molecule has 0 saturated carbocycles. The van der Waals surface area contributed by atoms with Gasteiger partial charge in [-0.3, -0.25) is 29.1 Å². The number of fused-ring (bicyclic) bond motifs is 2. The summed E-state index contributed by atoms with van der Waals surface area (Å²) in [5.74, 6) is 3.21. The molecule has 10 heterocycles. The van der Waals surface area contributed by atoms with Crippen molar-refractivity contribution in [2.24, 2.45) is 29.6 Å². The van der Waals surface area contributed by atoms with Gasteiger partial charge in [0.2, 0.25) is 11.8 Å². The lowest BCUT2D eigenvalue weighted by atomic mass is 9.81. The van der Waals surface area contributed by atoms with Crippen LogP contribution in [0.5, 0.6) is 0 Å². The van der Waals surface area contributed by atoms with E-state index in [0.717, 1.165) is 236 Å². The van der Waals surface area contributed by atoms with Crippen molar-refractivity contribution in [2.45, 2.75) is 173 Å². The van der Waals surface area contributed by atoms with Crippen LogP contribution >= 0.6 is 81.2 Å². The molecule has 0 spiro atoms. The van der Waals surface area contributed by atoms with Crippen molar-refractivity contribution < 1.29 is 19.2 Å². The lowest BCUT2D eigenvalue weighted by Crippen LogP contribution is -2.51. The summed E-state index contributed by atoms with van der Waals surface area (Å²) >= 11 is 43.4. The first-order valence-electron chi connectivity index (χ1n) is 46.7. The molecule has 128 heavy (non-hydrogen) atoms. The van der Waals surface area contributed by atoms with Gasteiger partial charge < -0.3 is 39.3 Å². The Morgan fingerprint density at radius 3 is 1.30 bits per heavy atom. The molecule has 0 aliphatic carbocycles. The molecule has 4 amide bonds. The van der Waals surface area contributed by atoms with Crippen LogP contribution in [-0.2, 0) is 48.1 Å².